The topological polar surface area (TPSA) is 83.5 Å². The van der Waals surface area contributed by atoms with E-state index < -0.39 is 17.8 Å². The van der Waals surface area contributed by atoms with E-state index in [4.69, 9.17) is 0 Å². The zero-order chi connectivity index (χ0) is 17.3. The maximum atomic E-state index is 12.7. The average Bonchev–Trinajstić information content (AvgIpc) is 2.92. The van der Waals surface area contributed by atoms with Crippen molar-refractivity contribution in [2.45, 2.75) is 45.4 Å². The summed E-state index contributed by atoms with van der Waals surface area (Å²) in [7, 11) is 0. The van der Waals surface area contributed by atoms with Gasteiger partial charge in [-0.2, -0.15) is 0 Å². The van der Waals surface area contributed by atoms with Crippen molar-refractivity contribution in [2.75, 3.05) is 5.32 Å². The average molecular weight is 347 g/mol. The fourth-order valence-electron chi connectivity index (χ4n) is 3.61. The van der Waals surface area contributed by atoms with Crippen LogP contribution in [0.1, 0.15) is 53.4 Å². The molecule has 128 valence electrons. The second-order valence-electron chi connectivity index (χ2n) is 6.45. The summed E-state index contributed by atoms with van der Waals surface area (Å²) in [5, 5.41) is 12.8. The Morgan fingerprint density at radius 1 is 1.12 bits per heavy atom. The number of allylic oxidation sites excluding steroid dienone is 2. The Labute approximate surface area is 144 Å². The number of fused-ring (bicyclic) bond motifs is 1. The number of aliphatic carboxylic acids is 1. The second kappa shape index (κ2) is 6.89. The minimum atomic E-state index is -0.947. The van der Waals surface area contributed by atoms with Gasteiger partial charge in [-0.25, -0.2) is 0 Å². The Morgan fingerprint density at radius 3 is 2.46 bits per heavy atom. The SMILES string of the molecule is CC(=O)c1c(NC(=O)C2CC=CCC2C(=O)O)sc2c1CCCC2. The fourth-order valence-corrected chi connectivity index (χ4v) is 4.95. The lowest BCUT2D eigenvalue weighted by atomic mass is 9.82. The number of hydrogen-bond donors (Lipinski definition) is 2. The Morgan fingerprint density at radius 2 is 1.79 bits per heavy atom. The third-order valence-electron chi connectivity index (χ3n) is 4.85. The summed E-state index contributed by atoms with van der Waals surface area (Å²) in [5.41, 5.74) is 1.70. The number of nitrogens with one attached hydrogen (secondary N) is 1. The van der Waals surface area contributed by atoms with E-state index in [0.29, 0.717) is 23.4 Å². The Kier molecular flexibility index (Phi) is 4.85. The quantitative estimate of drug-likeness (QED) is 0.645. The molecule has 1 amide bonds. The first-order valence-electron chi connectivity index (χ1n) is 8.33. The number of carbonyl (C=O) groups is 3. The molecule has 0 fully saturated rings. The van der Waals surface area contributed by atoms with Gasteiger partial charge in [-0.15, -0.1) is 11.3 Å². The zero-order valence-electron chi connectivity index (χ0n) is 13.6. The van der Waals surface area contributed by atoms with Gasteiger partial charge in [0.15, 0.2) is 5.78 Å². The molecular weight excluding hydrogens is 326 g/mol. The van der Waals surface area contributed by atoms with E-state index in [1.807, 2.05) is 12.2 Å². The third-order valence-corrected chi connectivity index (χ3v) is 6.05. The smallest absolute Gasteiger partial charge is 0.307 e. The van der Waals surface area contributed by atoms with Crippen LogP contribution in [0.15, 0.2) is 12.2 Å². The fraction of sp³-hybridized carbons (Fsp3) is 0.500. The number of hydrogen-bond acceptors (Lipinski definition) is 4. The highest BCUT2D eigenvalue weighted by Crippen LogP contribution is 2.39. The number of rotatable bonds is 4. The summed E-state index contributed by atoms with van der Waals surface area (Å²) < 4.78 is 0. The summed E-state index contributed by atoms with van der Waals surface area (Å²) in [6.07, 6.45) is 8.44. The van der Waals surface area contributed by atoms with Gasteiger partial charge in [0.1, 0.15) is 5.00 Å². The van der Waals surface area contributed by atoms with Crippen LogP contribution in [0, 0.1) is 11.8 Å². The zero-order valence-corrected chi connectivity index (χ0v) is 14.4. The number of amides is 1. The Balaban J connectivity index is 1.86. The number of carboxylic acids is 1. The van der Waals surface area contributed by atoms with Crippen LogP contribution in [-0.4, -0.2) is 22.8 Å². The van der Waals surface area contributed by atoms with Gasteiger partial charge in [0.25, 0.3) is 0 Å². The first-order valence-corrected chi connectivity index (χ1v) is 9.14. The molecule has 1 heterocycles. The van der Waals surface area contributed by atoms with E-state index in [9.17, 15) is 19.5 Å². The number of aryl methyl sites for hydroxylation is 1. The van der Waals surface area contributed by atoms with Crippen molar-refractivity contribution < 1.29 is 19.5 Å². The molecule has 0 spiro atoms. The molecule has 1 aromatic heterocycles. The number of carbonyl (C=O) groups excluding carboxylic acids is 2. The molecule has 0 aliphatic heterocycles. The highest BCUT2D eigenvalue weighted by atomic mass is 32.1. The lowest BCUT2D eigenvalue weighted by Crippen LogP contribution is -2.34. The van der Waals surface area contributed by atoms with Gasteiger partial charge in [-0.05, 0) is 51.0 Å². The molecule has 24 heavy (non-hydrogen) atoms. The Bertz CT molecular complexity index is 719. The van der Waals surface area contributed by atoms with E-state index in [1.54, 1.807) is 0 Å². The molecule has 0 aromatic carbocycles. The highest BCUT2D eigenvalue weighted by Gasteiger charge is 2.35. The maximum Gasteiger partial charge on any atom is 0.307 e. The standard InChI is InChI=1S/C18H21NO4S/c1-10(20)15-13-8-4-5-9-14(13)24-17(15)19-16(21)11-6-2-3-7-12(11)18(22)23/h2-3,11-12H,4-9H2,1H3,(H,19,21)(H,22,23). The molecule has 2 aliphatic rings. The van der Waals surface area contributed by atoms with Gasteiger partial charge in [-0.1, -0.05) is 12.2 Å². The molecule has 0 radical (unpaired) electrons. The molecule has 2 N–H and O–H groups in total. The van der Waals surface area contributed by atoms with Gasteiger partial charge in [0, 0.05) is 4.88 Å². The predicted molar refractivity (Wildman–Crippen MR) is 92.6 cm³/mol. The minimum absolute atomic E-state index is 0.0389. The van der Waals surface area contributed by atoms with E-state index in [1.165, 1.54) is 23.1 Å². The minimum Gasteiger partial charge on any atom is -0.481 e. The molecule has 2 unspecified atom stereocenters. The van der Waals surface area contributed by atoms with Gasteiger partial charge in [0.05, 0.1) is 17.4 Å². The van der Waals surface area contributed by atoms with Crippen LogP contribution in [-0.2, 0) is 22.4 Å². The number of Topliss-reactive ketones (excluding diaryl/α,β-unsaturated/α-hetero) is 1. The van der Waals surface area contributed by atoms with Crippen LogP contribution in [0.5, 0.6) is 0 Å². The van der Waals surface area contributed by atoms with Crippen LogP contribution < -0.4 is 5.32 Å². The van der Waals surface area contributed by atoms with Crippen LogP contribution >= 0.6 is 11.3 Å². The molecule has 0 saturated heterocycles. The monoisotopic (exact) mass is 347 g/mol. The van der Waals surface area contributed by atoms with Crippen LogP contribution in [0.4, 0.5) is 5.00 Å². The summed E-state index contributed by atoms with van der Waals surface area (Å²) >= 11 is 1.47. The molecule has 1 aromatic rings. The summed E-state index contributed by atoms with van der Waals surface area (Å²) in [5.74, 6) is -2.58. The normalized spacial score (nSPS) is 22.7. The second-order valence-corrected chi connectivity index (χ2v) is 7.56. The Hall–Kier alpha value is -1.95. The number of carboxylic acid groups (broad SMARTS) is 1. The molecule has 5 nitrogen and oxygen atoms in total. The summed E-state index contributed by atoms with van der Waals surface area (Å²) in [6, 6.07) is 0. The number of anilines is 1. The highest BCUT2D eigenvalue weighted by molar-refractivity contribution is 7.17. The van der Waals surface area contributed by atoms with Gasteiger partial charge in [0.2, 0.25) is 5.91 Å². The van der Waals surface area contributed by atoms with Gasteiger partial charge < -0.3 is 10.4 Å². The summed E-state index contributed by atoms with van der Waals surface area (Å²) in [4.78, 5) is 37.3. The van der Waals surface area contributed by atoms with E-state index in [0.717, 1.165) is 31.2 Å². The molecule has 3 rings (SSSR count). The molecule has 6 heteroatoms. The first kappa shape index (κ1) is 16.9. The summed E-state index contributed by atoms with van der Waals surface area (Å²) in [6.45, 7) is 1.52. The van der Waals surface area contributed by atoms with E-state index in [-0.39, 0.29) is 11.7 Å². The number of ketones is 1. The molecule has 2 aliphatic carbocycles. The molecular formula is C18H21NO4S. The van der Waals surface area contributed by atoms with E-state index >= 15 is 0 Å². The van der Waals surface area contributed by atoms with Gasteiger partial charge >= 0.3 is 5.97 Å². The van der Waals surface area contributed by atoms with Crippen molar-refractivity contribution in [3.8, 4) is 0 Å². The molecule has 0 saturated carbocycles. The van der Waals surface area contributed by atoms with Crippen LogP contribution in [0.3, 0.4) is 0 Å². The third kappa shape index (κ3) is 3.15. The lowest BCUT2D eigenvalue weighted by Gasteiger charge is -2.24. The van der Waals surface area contributed by atoms with Crippen molar-refractivity contribution >= 4 is 34.0 Å². The molecule has 2 atom stereocenters. The van der Waals surface area contributed by atoms with Crippen molar-refractivity contribution in [3.63, 3.8) is 0 Å². The van der Waals surface area contributed by atoms with Crippen LogP contribution in [0.2, 0.25) is 0 Å². The van der Waals surface area contributed by atoms with Crippen molar-refractivity contribution in [1.29, 1.82) is 0 Å². The largest absolute Gasteiger partial charge is 0.481 e. The first-order chi connectivity index (χ1) is 11.5. The van der Waals surface area contributed by atoms with E-state index in [2.05, 4.69) is 5.32 Å². The van der Waals surface area contributed by atoms with Crippen molar-refractivity contribution in [1.82, 2.24) is 0 Å². The van der Waals surface area contributed by atoms with Crippen molar-refractivity contribution in [3.05, 3.63) is 28.2 Å². The lowest BCUT2D eigenvalue weighted by molar-refractivity contribution is -0.146. The van der Waals surface area contributed by atoms with Crippen LogP contribution in [0.25, 0.3) is 0 Å². The van der Waals surface area contributed by atoms with Gasteiger partial charge in [-0.3, -0.25) is 14.4 Å². The molecule has 0 bridgehead atoms. The number of thiophene rings is 1. The maximum absolute atomic E-state index is 12.7. The predicted octanol–water partition coefficient (Wildman–Crippen LogP) is 3.44. The van der Waals surface area contributed by atoms with Crippen molar-refractivity contribution in [2.24, 2.45) is 11.8 Å².